The first-order valence-electron chi connectivity index (χ1n) is 5.41. The SMILES string of the molecule is CC(C)NC(C)(C)Cc1cccc(Br)c1. The molecule has 0 spiro atoms. The van der Waals surface area contributed by atoms with Crippen molar-refractivity contribution in [3.63, 3.8) is 0 Å². The van der Waals surface area contributed by atoms with Gasteiger partial charge in [0.05, 0.1) is 0 Å². The van der Waals surface area contributed by atoms with Crippen LogP contribution in [-0.4, -0.2) is 11.6 Å². The molecule has 0 aliphatic carbocycles. The van der Waals surface area contributed by atoms with Gasteiger partial charge >= 0.3 is 0 Å². The Balaban J connectivity index is 2.68. The maximum atomic E-state index is 3.57. The van der Waals surface area contributed by atoms with Crippen LogP contribution in [0, 0.1) is 0 Å². The Morgan fingerprint density at radius 3 is 2.53 bits per heavy atom. The van der Waals surface area contributed by atoms with Crippen LogP contribution in [-0.2, 0) is 6.42 Å². The zero-order valence-corrected chi connectivity index (χ0v) is 11.6. The summed E-state index contributed by atoms with van der Waals surface area (Å²) in [4.78, 5) is 0. The van der Waals surface area contributed by atoms with Gasteiger partial charge in [-0.25, -0.2) is 0 Å². The average molecular weight is 270 g/mol. The number of rotatable bonds is 4. The molecule has 0 aliphatic rings. The molecule has 1 aromatic carbocycles. The lowest BCUT2D eigenvalue weighted by Crippen LogP contribution is -2.45. The van der Waals surface area contributed by atoms with E-state index in [0.717, 1.165) is 10.9 Å². The van der Waals surface area contributed by atoms with Gasteiger partial charge in [0.15, 0.2) is 0 Å². The van der Waals surface area contributed by atoms with Crippen molar-refractivity contribution >= 4 is 15.9 Å². The molecule has 0 saturated carbocycles. The van der Waals surface area contributed by atoms with Gasteiger partial charge in [-0.05, 0) is 38.0 Å². The molecular weight excluding hydrogens is 250 g/mol. The minimum absolute atomic E-state index is 0.148. The lowest BCUT2D eigenvalue weighted by molar-refractivity contribution is 0.353. The minimum atomic E-state index is 0.148. The number of halogens is 1. The quantitative estimate of drug-likeness (QED) is 0.878. The lowest BCUT2D eigenvalue weighted by atomic mass is 9.94. The highest BCUT2D eigenvalue weighted by molar-refractivity contribution is 9.10. The summed E-state index contributed by atoms with van der Waals surface area (Å²) in [5, 5.41) is 3.57. The van der Waals surface area contributed by atoms with Crippen LogP contribution in [0.2, 0.25) is 0 Å². The first kappa shape index (κ1) is 12.7. The van der Waals surface area contributed by atoms with Crippen LogP contribution in [0.1, 0.15) is 33.3 Å². The maximum absolute atomic E-state index is 3.57. The van der Waals surface area contributed by atoms with Crippen LogP contribution in [0.5, 0.6) is 0 Å². The van der Waals surface area contributed by atoms with Gasteiger partial charge in [-0.2, -0.15) is 0 Å². The summed E-state index contributed by atoms with van der Waals surface area (Å²) in [6.45, 7) is 8.85. The van der Waals surface area contributed by atoms with Crippen LogP contribution in [0.3, 0.4) is 0 Å². The molecule has 1 nitrogen and oxygen atoms in total. The number of hydrogen-bond donors (Lipinski definition) is 1. The fraction of sp³-hybridized carbons (Fsp3) is 0.538. The van der Waals surface area contributed by atoms with Crippen LogP contribution < -0.4 is 5.32 Å². The Morgan fingerprint density at radius 1 is 1.33 bits per heavy atom. The third-order valence-electron chi connectivity index (χ3n) is 2.21. The molecule has 1 aromatic rings. The Hall–Kier alpha value is -0.340. The van der Waals surface area contributed by atoms with E-state index in [-0.39, 0.29) is 5.54 Å². The van der Waals surface area contributed by atoms with Crippen molar-refractivity contribution in [2.75, 3.05) is 0 Å². The molecule has 1 rings (SSSR count). The van der Waals surface area contributed by atoms with Gasteiger partial charge in [-0.15, -0.1) is 0 Å². The largest absolute Gasteiger partial charge is 0.309 e. The fourth-order valence-corrected chi connectivity index (χ4v) is 2.44. The molecule has 0 unspecified atom stereocenters. The van der Waals surface area contributed by atoms with Gasteiger partial charge < -0.3 is 5.32 Å². The molecule has 0 fully saturated rings. The second kappa shape index (κ2) is 5.13. The molecule has 84 valence electrons. The van der Waals surface area contributed by atoms with Gasteiger partial charge in [0, 0.05) is 16.1 Å². The summed E-state index contributed by atoms with van der Waals surface area (Å²) in [5.74, 6) is 0. The summed E-state index contributed by atoms with van der Waals surface area (Å²) < 4.78 is 1.15. The van der Waals surface area contributed by atoms with E-state index in [9.17, 15) is 0 Å². The molecule has 2 heteroatoms. The van der Waals surface area contributed by atoms with Gasteiger partial charge in [-0.1, -0.05) is 41.9 Å². The summed E-state index contributed by atoms with van der Waals surface area (Å²) >= 11 is 3.50. The van der Waals surface area contributed by atoms with E-state index in [1.165, 1.54) is 5.56 Å². The first-order chi connectivity index (χ1) is 6.89. The molecule has 0 amide bonds. The van der Waals surface area contributed by atoms with Gasteiger partial charge in [0.25, 0.3) is 0 Å². The van der Waals surface area contributed by atoms with E-state index in [2.05, 4.69) is 73.2 Å². The predicted octanol–water partition coefficient (Wildman–Crippen LogP) is 3.77. The van der Waals surface area contributed by atoms with Crippen molar-refractivity contribution in [3.05, 3.63) is 34.3 Å². The highest BCUT2D eigenvalue weighted by Crippen LogP contribution is 2.17. The zero-order chi connectivity index (χ0) is 11.5. The maximum Gasteiger partial charge on any atom is 0.0178 e. The monoisotopic (exact) mass is 269 g/mol. The Labute approximate surface area is 101 Å². The molecule has 0 atom stereocenters. The number of hydrogen-bond acceptors (Lipinski definition) is 1. The second-order valence-corrected chi connectivity index (χ2v) is 5.91. The lowest BCUT2D eigenvalue weighted by Gasteiger charge is -2.29. The van der Waals surface area contributed by atoms with Crippen molar-refractivity contribution in [1.29, 1.82) is 0 Å². The Bertz CT molecular complexity index is 318. The third-order valence-corrected chi connectivity index (χ3v) is 2.71. The van der Waals surface area contributed by atoms with Crippen LogP contribution >= 0.6 is 15.9 Å². The summed E-state index contributed by atoms with van der Waals surface area (Å²) in [6.07, 6.45) is 1.05. The molecule has 0 saturated heterocycles. The fourth-order valence-electron chi connectivity index (χ4n) is 1.99. The zero-order valence-electron chi connectivity index (χ0n) is 9.97. The molecule has 0 aromatic heterocycles. The number of nitrogens with one attached hydrogen (secondary N) is 1. The molecule has 0 bridgehead atoms. The van der Waals surface area contributed by atoms with Crippen molar-refractivity contribution in [2.24, 2.45) is 0 Å². The molecule has 0 heterocycles. The average Bonchev–Trinajstić information content (AvgIpc) is 1.99. The minimum Gasteiger partial charge on any atom is -0.309 e. The van der Waals surface area contributed by atoms with E-state index in [1.807, 2.05) is 0 Å². The van der Waals surface area contributed by atoms with E-state index < -0.39 is 0 Å². The van der Waals surface area contributed by atoms with Crippen molar-refractivity contribution in [1.82, 2.24) is 5.32 Å². The summed E-state index contributed by atoms with van der Waals surface area (Å²) in [7, 11) is 0. The van der Waals surface area contributed by atoms with E-state index in [1.54, 1.807) is 0 Å². The third kappa shape index (κ3) is 4.80. The highest BCUT2D eigenvalue weighted by Gasteiger charge is 2.18. The molecule has 0 aliphatic heterocycles. The molecule has 0 radical (unpaired) electrons. The van der Waals surface area contributed by atoms with Crippen molar-refractivity contribution < 1.29 is 0 Å². The Kier molecular flexibility index (Phi) is 4.35. The number of benzene rings is 1. The van der Waals surface area contributed by atoms with Crippen LogP contribution in [0.15, 0.2) is 28.7 Å². The van der Waals surface area contributed by atoms with Crippen LogP contribution in [0.25, 0.3) is 0 Å². The summed E-state index contributed by atoms with van der Waals surface area (Å²) in [6, 6.07) is 9.03. The van der Waals surface area contributed by atoms with Gasteiger partial charge in [-0.3, -0.25) is 0 Å². The molecule has 1 N–H and O–H groups in total. The Morgan fingerprint density at radius 2 is 2.00 bits per heavy atom. The van der Waals surface area contributed by atoms with Crippen molar-refractivity contribution in [3.8, 4) is 0 Å². The molecule has 15 heavy (non-hydrogen) atoms. The normalized spacial score (nSPS) is 12.1. The predicted molar refractivity (Wildman–Crippen MR) is 70.2 cm³/mol. The van der Waals surface area contributed by atoms with E-state index in [4.69, 9.17) is 0 Å². The standard InChI is InChI=1S/C13H20BrN/c1-10(2)15-13(3,4)9-11-6-5-7-12(14)8-11/h5-8,10,15H,9H2,1-4H3. The molecular formula is C13H20BrN. The van der Waals surface area contributed by atoms with Crippen LogP contribution in [0.4, 0.5) is 0 Å². The smallest absolute Gasteiger partial charge is 0.0178 e. The van der Waals surface area contributed by atoms with Gasteiger partial charge in [0.1, 0.15) is 0 Å². The topological polar surface area (TPSA) is 12.0 Å². The first-order valence-corrected chi connectivity index (χ1v) is 6.20. The van der Waals surface area contributed by atoms with Gasteiger partial charge in [0.2, 0.25) is 0 Å². The van der Waals surface area contributed by atoms with Crippen molar-refractivity contribution in [2.45, 2.75) is 45.7 Å². The summed E-state index contributed by atoms with van der Waals surface area (Å²) in [5.41, 5.74) is 1.51. The second-order valence-electron chi connectivity index (χ2n) is 4.99. The highest BCUT2D eigenvalue weighted by atomic mass is 79.9. The van der Waals surface area contributed by atoms with E-state index in [0.29, 0.717) is 6.04 Å². The van der Waals surface area contributed by atoms with E-state index >= 15 is 0 Å².